The SMILES string of the molecule is CC(C)CC1(CCc2ccc3c(c2)CC2=NC(c4ccc(CC(=O)Cc5cc(C(C)(C)C)on5)cc4)=CC23)CC1. The number of allylic oxidation sites excluding steroid dienone is 1. The summed E-state index contributed by atoms with van der Waals surface area (Å²) in [7, 11) is 0. The van der Waals surface area contributed by atoms with Gasteiger partial charge < -0.3 is 4.52 Å². The van der Waals surface area contributed by atoms with Crippen molar-refractivity contribution >= 4 is 17.2 Å². The molecule has 0 radical (unpaired) electrons. The number of aryl methyl sites for hydroxylation is 1. The van der Waals surface area contributed by atoms with Crippen LogP contribution in [0.4, 0.5) is 0 Å². The average molecular weight is 535 g/mol. The molecule has 1 fully saturated rings. The molecule has 1 aliphatic heterocycles. The van der Waals surface area contributed by atoms with Gasteiger partial charge in [-0.1, -0.05) is 82.2 Å². The summed E-state index contributed by atoms with van der Waals surface area (Å²) < 4.78 is 5.43. The van der Waals surface area contributed by atoms with Crippen LogP contribution in [0.1, 0.15) is 105 Å². The molecule has 3 aliphatic rings. The van der Waals surface area contributed by atoms with E-state index in [9.17, 15) is 4.79 Å². The van der Waals surface area contributed by atoms with Gasteiger partial charge in [-0.3, -0.25) is 9.79 Å². The minimum atomic E-state index is -0.113. The normalized spacial score (nSPS) is 18.9. The van der Waals surface area contributed by atoms with Crippen molar-refractivity contribution in [3.8, 4) is 0 Å². The molecule has 4 nitrogen and oxygen atoms in total. The smallest absolute Gasteiger partial charge is 0.143 e. The number of Topliss-reactive ketones (excluding diaryl/α,β-unsaturated/α-hetero) is 1. The fraction of sp³-hybridized carbons (Fsp3) is 0.472. The van der Waals surface area contributed by atoms with Gasteiger partial charge in [0.15, 0.2) is 0 Å². The summed E-state index contributed by atoms with van der Waals surface area (Å²) in [5.41, 5.74) is 10.0. The number of carbonyl (C=O) groups is 1. The van der Waals surface area contributed by atoms with Crippen molar-refractivity contribution < 1.29 is 9.32 Å². The predicted octanol–water partition coefficient (Wildman–Crippen LogP) is 8.22. The van der Waals surface area contributed by atoms with E-state index in [0.717, 1.165) is 34.9 Å². The zero-order valence-corrected chi connectivity index (χ0v) is 24.7. The van der Waals surface area contributed by atoms with E-state index >= 15 is 0 Å². The second-order valence-electron chi connectivity index (χ2n) is 14.0. The number of aliphatic imine (C=N–C) groups is 1. The summed E-state index contributed by atoms with van der Waals surface area (Å²) in [4.78, 5) is 17.7. The Kier molecular flexibility index (Phi) is 6.92. The highest BCUT2D eigenvalue weighted by molar-refractivity contribution is 6.05. The van der Waals surface area contributed by atoms with Crippen molar-refractivity contribution in [2.75, 3.05) is 0 Å². The molecule has 2 heterocycles. The Balaban J connectivity index is 1.06. The number of rotatable bonds is 10. The van der Waals surface area contributed by atoms with Crippen LogP contribution in [0.3, 0.4) is 0 Å². The van der Waals surface area contributed by atoms with E-state index in [1.165, 1.54) is 54.5 Å². The van der Waals surface area contributed by atoms with Gasteiger partial charge in [-0.15, -0.1) is 0 Å². The van der Waals surface area contributed by atoms with E-state index in [-0.39, 0.29) is 11.2 Å². The quantitative estimate of drug-likeness (QED) is 0.263. The van der Waals surface area contributed by atoms with E-state index in [1.807, 2.05) is 6.07 Å². The summed E-state index contributed by atoms with van der Waals surface area (Å²) in [5.74, 6) is 2.05. The van der Waals surface area contributed by atoms with Crippen LogP contribution < -0.4 is 0 Å². The molecule has 2 aromatic carbocycles. The first kappa shape index (κ1) is 26.9. The van der Waals surface area contributed by atoms with Crippen LogP contribution in [-0.2, 0) is 35.9 Å². The highest BCUT2D eigenvalue weighted by Gasteiger charge is 2.42. The third kappa shape index (κ3) is 5.77. The fourth-order valence-electron chi connectivity index (χ4n) is 6.60. The van der Waals surface area contributed by atoms with E-state index in [1.54, 1.807) is 0 Å². The van der Waals surface area contributed by atoms with Crippen LogP contribution in [0.25, 0.3) is 5.70 Å². The number of hydrogen-bond acceptors (Lipinski definition) is 4. The standard InChI is InChI=1S/C36H42N2O2/c1-23(2)22-36(14-15-36)13-12-25-8-11-30-27(16-25)18-33-31(30)21-32(37-33)26-9-6-24(7-10-26)17-29(39)19-28-20-34(40-38-28)35(3,4)5/h6-11,16,20-21,23,31H,12-15,17-19,22H2,1-5H3. The maximum absolute atomic E-state index is 12.7. The molecular weight excluding hydrogens is 492 g/mol. The number of hydrogen-bond donors (Lipinski definition) is 0. The maximum Gasteiger partial charge on any atom is 0.143 e. The van der Waals surface area contributed by atoms with Gasteiger partial charge in [0.1, 0.15) is 11.5 Å². The van der Waals surface area contributed by atoms with Crippen LogP contribution in [0.5, 0.6) is 0 Å². The lowest BCUT2D eigenvalue weighted by molar-refractivity contribution is -0.117. The molecule has 4 heteroatoms. The second kappa shape index (κ2) is 10.3. The predicted molar refractivity (Wildman–Crippen MR) is 162 cm³/mol. The Hall–Kier alpha value is -3.27. The second-order valence-corrected chi connectivity index (χ2v) is 14.0. The highest BCUT2D eigenvalue weighted by atomic mass is 16.5. The monoisotopic (exact) mass is 534 g/mol. The van der Waals surface area contributed by atoms with Gasteiger partial charge in [0.25, 0.3) is 0 Å². The number of nitrogens with zero attached hydrogens (tertiary/aromatic N) is 2. The van der Waals surface area contributed by atoms with E-state index in [2.05, 4.69) is 88.3 Å². The zero-order chi connectivity index (χ0) is 28.1. The number of ketones is 1. The molecule has 1 atom stereocenters. The summed E-state index contributed by atoms with van der Waals surface area (Å²) in [6.45, 7) is 10.9. The maximum atomic E-state index is 12.7. The summed E-state index contributed by atoms with van der Waals surface area (Å²) in [6.07, 6.45) is 10.7. The molecule has 40 heavy (non-hydrogen) atoms. The molecule has 1 aromatic heterocycles. The Bertz CT molecular complexity index is 1480. The third-order valence-corrected chi connectivity index (χ3v) is 8.93. The van der Waals surface area contributed by atoms with E-state index in [4.69, 9.17) is 9.52 Å². The summed E-state index contributed by atoms with van der Waals surface area (Å²) in [6, 6.07) is 17.4. The van der Waals surface area contributed by atoms with Gasteiger partial charge in [-0.25, -0.2) is 0 Å². The average Bonchev–Trinajstić information content (AvgIpc) is 3.20. The largest absolute Gasteiger partial charge is 0.361 e. The summed E-state index contributed by atoms with van der Waals surface area (Å²) >= 11 is 0. The molecule has 0 spiro atoms. The lowest BCUT2D eigenvalue weighted by Gasteiger charge is -2.17. The number of aromatic nitrogens is 1. The molecule has 1 unspecified atom stereocenters. The first-order valence-corrected chi connectivity index (χ1v) is 15.0. The van der Waals surface area contributed by atoms with Crippen LogP contribution in [0, 0.1) is 11.3 Å². The van der Waals surface area contributed by atoms with Crippen molar-refractivity contribution in [3.63, 3.8) is 0 Å². The van der Waals surface area contributed by atoms with Crippen molar-refractivity contribution in [2.45, 2.75) is 97.3 Å². The van der Waals surface area contributed by atoms with Gasteiger partial charge in [0, 0.05) is 36.0 Å². The van der Waals surface area contributed by atoms with Crippen LogP contribution in [0.2, 0.25) is 0 Å². The summed E-state index contributed by atoms with van der Waals surface area (Å²) in [5, 5.41) is 4.09. The molecule has 2 aliphatic carbocycles. The van der Waals surface area contributed by atoms with Crippen LogP contribution in [-0.4, -0.2) is 16.7 Å². The number of benzene rings is 2. The number of fused-ring (bicyclic) bond motifs is 3. The Morgan fingerprint density at radius 3 is 2.45 bits per heavy atom. The first-order valence-electron chi connectivity index (χ1n) is 15.0. The molecule has 208 valence electrons. The molecule has 0 amide bonds. The topological polar surface area (TPSA) is 55.5 Å². The van der Waals surface area contributed by atoms with E-state index < -0.39 is 0 Å². The van der Waals surface area contributed by atoms with Gasteiger partial charge in [-0.05, 0) is 77.3 Å². The van der Waals surface area contributed by atoms with E-state index in [0.29, 0.717) is 29.9 Å². The van der Waals surface area contributed by atoms with Gasteiger partial charge >= 0.3 is 0 Å². The van der Waals surface area contributed by atoms with Gasteiger partial charge in [-0.2, -0.15) is 0 Å². The van der Waals surface area contributed by atoms with Crippen molar-refractivity contribution in [1.82, 2.24) is 5.16 Å². The molecule has 0 bridgehead atoms. The van der Waals surface area contributed by atoms with Crippen molar-refractivity contribution in [3.05, 3.63) is 93.9 Å². The number of carbonyl (C=O) groups excluding carboxylic acids is 1. The zero-order valence-electron chi connectivity index (χ0n) is 24.7. The first-order chi connectivity index (χ1) is 19.1. The molecule has 1 saturated carbocycles. The van der Waals surface area contributed by atoms with Crippen LogP contribution >= 0.6 is 0 Å². The molecule has 0 saturated heterocycles. The minimum Gasteiger partial charge on any atom is -0.361 e. The lowest BCUT2D eigenvalue weighted by Crippen LogP contribution is -2.09. The van der Waals surface area contributed by atoms with Crippen molar-refractivity contribution in [1.29, 1.82) is 0 Å². The molecule has 3 aromatic rings. The highest BCUT2D eigenvalue weighted by Crippen LogP contribution is 2.54. The molecule has 6 rings (SSSR count). The Morgan fingerprint density at radius 1 is 1.02 bits per heavy atom. The van der Waals surface area contributed by atoms with Gasteiger partial charge in [0.05, 0.1) is 17.8 Å². The van der Waals surface area contributed by atoms with Crippen molar-refractivity contribution in [2.24, 2.45) is 16.3 Å². The Morgan fingerprint density at radius 2 is 1.77 bits per heavy atom. The third-order valence-electron chi connectivity index (χ3n) is 8.93. The Labute approximate surface area is 239 Å². The molecule has 0 N–H and O–H groups in total. The fourth-order valence-corrected chi connectivity index (χ4v) is 6.60. The lowest BCUT2D eigenvalue weighted by atomic mass is 9.88. The minimum absolute atomic E-state index is 0.113. The molecular formula is C36H42N2O2. The van der Waals surface area contributed by atoms with Crippen LogP contribution in [0.15, 0.2) is 64.1 Å². The van der Waals surface area contributed by atoms with Gasteiger partial charge in [0.2, 0.25) is 0 Å².